The number of nitriles is 1. The lowest BCUT2D eigenvalue weighted by molar-refractivity contribution is 0.161. The van der Waals surface area contributed by atoms with Gasteiger partial charge in [0, 0.05) is 33.3 Å². The fraction of sp³-hybridized carbons (Fsp3) is 0.900. The Bertz CT molecular complexity index is 167. The second-order valence-electron chi connectivity index (χ2n) is 3.53. The monoisotopic (exact) mass is 199 g/mol. The number of likely N-dealkylation sites (N-methyl/N-ethyl adjacent to an activating group) is 1. The van der Waals surface area contributed by atoms with Crippen molar-refractivity contribution in [3.63, 3.8) is 0 Å². The summed E-state index contributed by atoms with van der Waals surface area (Å²) < 4.78 is 4.97. The summed E-state index contributed by atoms with van der Waals surface area (Å²) in [6, 6.07) is 2.19. The van der Waals surface area contributed by atoms with Gasteiger partial charge in [-0.1, -0.05) is 0 Å². The lowest BCUT2D eigenvalue weighted by Gasteiger charge is -2.16. The quantitative estimate of drug-likeness (QED) is 0.572. The summed E-state index contributed by atoms with van der Waals surface area (Å²) in [6.07, 6.45) is 0. The Morgan fingerprint density at radius 3 is 2.79 bits per heavy atom. The van der Waals surface area contributed by atoms with Crippen molar-refractivity contribution in [2.75, 3.05) is 46.9 Å². The number of hydrogen-bond acceptors (Lipinski definition) is 4. The Labute approximate surface area is 86.8 Å². The Balaban J connectivity index is 3.23. The van der Waals surface area contributed by atoms with Crippen LogP contribution in [0, 0.1) is 17.2 Å². The number of rotatable bonds is 8. The SMILES string of the molecule is COCCN(C)CCNCC(C)C#N. The zero-order chi connectivity index (χ0) is 10.8. The average molecular weight is 199 g/mol. The molecule has 0 rings (SSSR count). The first-order valence-corrected chi connectivity index (χ1v) is 4.98. The van der Waals surface area contributed by atoms with Crippen LogP contribution in [0.3, 0.4) is 0 Å². The third-order valence-electron chi connectivity index (χ3n) is 2.02. The van der Waals surface area contributed by atoms with Crippen LogP contribution in [0.1, 0.15) is 6.92 Å². The van der Waals surface area contributed by atoms with Crippen LogP contribution in [0.5, 0.6) is 0 Å². The van der Waals surface area contributed by atoms with E-state index in [1.807, 2.05) is 6.92 Å². The van der Waals surface area contributed by atoms with Crippen LogP contribution in [0.2, 0.25) is 0 Å². The van der Waals surface area contributed by atoms with Crippen molar-refractivity contribution in [2.45, 2.75) is 6.92 Å². The minimum atomic E-state index is 0.0966. The van der Waals surface area contributed by atoms with Crippen LogP contribution in [-0.4, -0.2) is 51.8 Å². The van der Waals surface area contributed by atoms with Crippen molar-refractivity contribution in [3.8, 4) is 6.07 Å². The Kier molecular flexibility index (Phi) is 8.54. The second-order valence-corrected chi connectivity index (χ2v) is 3.53. The van der Waals surface area contributed by atoms with Gasteiger partial charge in [-0.05, 0) is 14.0 Å². The molecule has 0 fully saturated rings. The van der Waals surface area contributed by atoms with Crippen LogP contribution in [0.25, 0.3) is 0 Å². The van der Waals surface area contributed by atoms with E-state index >= 15 is 0 Å². The summed E-state index contributed by atoms with van der Waals surface area (Å²) in [4.78, 5) is 2.20. The predicted molar refractivity (Wildman–Crippen MR) is 57.0 cm³/mol. The van der Waals surface area contributed by atoms with Crippen LogP contribution in [0.4, 0.5) is 0 Å². The van der Waals surface area contributed by atoms with Gasteiger partial charge in [0.1, 0.15) is 0 Å². The summed E-state index contributed by atoms with van der Waals surface area (Å²) in [5.74, 6) is 0.0966. The van der Waals surface area contributed by atoms with Crippen molar-refractivity contribution >= 4 is 0 Å². The number of hydrogen-bond donors (Lipinski definition) is 1. The van der Waals surface area contributed by atoms with Crippen LogP contribution < -0.4 is 5.32 Å². The summed E-state index contributed by atoms with van der Waals surface area (Å²) in [6.45, 7) is 6.32. The summed E-state index contributed by atoms with van der Waals surface area (Å²) in [5.41, 5.74) is 0. The molecule has 82 valence electrons. The molecular weight excluding hydrogens is 178 g/mol. The highest BCUT2D eigenvalue weighted by Crippen LogP contribution is 1.87. The summed E-state index contributed by atoms with van der Waals surface area (Å²) in [7, 11) is 3.77. The molecule has 0 aromatic carbocycles. The highest BCUT2D eigenvalue weighted by molar-refractivity contribution is 4.80. The standard InChI is InChI=1S/C10H21N3O/c1-10(8-11)9-12-4-5-13(2)6-7-14-3/h10,12H,4-7,9H2,1-3H3. The highest BCUT2D eigenvalue weighted by Gasteiger charge is 1.99. The zero-order valence-corrected chi connectivity index (χ0v) is 9.42. The molecule has 1 unspecified atom stereocenters. The number of nitrogens with one attached hydrogen (secondary N) is 1. The first kappa shape index (κ1) is 13.4. The number of methoxy groups -OCH3 is 1. The van der Waals surface area contributed by atoms with E-state index in [-0.39, 0.29) is 5.92 Å². The van der Waals surface area contributed by atoms with Gasteiger partial charge in [0.15, 0.2) is 0 Å². The molecule has 1 atom stereocenters. The van der Waals surface area contributed by atoms with Gasteiger partial charge in [0.05, 0.1) is 18.6 Å². The van der Waals surface area contributed by atoms with Gasteiger partial charge in [-0.2, -0.15) is 5.26 Å². The van der Waals surface area contributed by atoms with Gasteiger partial charge in [-0.3, -0.25) is 0 Å². The van der Waals surface area contributed by atoms with Crippen LogP contribution in [0.15, 0.2) is 0 Å². The van der Waals surface area contributed by atoms with Gasteiger partial charge in [-0.25, -0.2) is 0 Å². The van der Waals surface area contributed by atoms with Gasteiger partial charge in [-0.15, -0.1) is 0 Å². The van der Waals surface area contributed by atoms with Gasteiger partial charge in [0.25, 0.3) is 0 Å². The van der Waals surface area contributed by atoms with Crippen molar-refractivity contribution in [2.24, 2.45) is 5.92 Å². The van der Waals surface area contributed by atoms with Gasteiger partial charge >= 0.3 is 0 Å². The maximum absolute atomic E-state index is 8.54. The second kappa shape index (κ2) is 8.95. The molecule has 0 heterocycles. The van der Waals surface area contributed by atoms with E-state index in [2.05, 4.69) is 23.3 Å². The lowest BCUT2D eigenvalue weighted by atomic mass is 10.2. The molecule has 0 saturated carbocycles. The van der Waals surface area contributed by atoms with Crippen molar-refractivity contribution in [1.82, 2.24) is 10.2 Å². The third-order valence-corrected chi connectivity index (χ3v) is 2.02. The molecule has 14 heavy (non-hydrogen) atoms. The molecule has 1 N–H and O–H groups in total. The van der Waals surface area contributed by atoms with E-state index in [4.69, 9.17) is 10.00 Å². The van der Waals surface area contributed by atoms with E-state index in [9.17, 15) is 0 Å². The summed E-state index contributed by atoms with van der Waals surface area (Å²) >= 11 is 0. The van der Waals surface area contributed by atoms with E-state index in [0.29, 0.717) is 0 Å². The molecular formula is C10H21N3O. The summed E-state index contributed by atoms with van der Waals surface area (Å²) in [5, 5.41) is 11.8. The van der Waals surface area contributed by atoms with Gasteiger partial charge < -0.3 is 15.0 Å². The molecule has 0 spiro atoms. The molecule has 4 heteroatoms. The first-order valence-electron chi connectivity index (χ1n) is 4.98. The van der Waals surface area contributed by atoms with Crippen molar-refractivity contribution < 1.29 is 4.74 Å². The molecule has 0 amide bonds. The lowest BCUT2D eigenvalue weighted by Crippen LogP contribution is -2.33. The molecule has 0 aromatic heterocycles. The maximum atomic E-state index is 8.54. The molecule has 0 aliphatic rings. The van der Waals surface area contributed by atoms with E-state index in [1.54, 1.807) is 7.11 Å². The predicted octanol–water partition coefficient (Wildman–Crippen LogP) is 0.314. The van der Waals surface area contributed by atoms with Crippen LogP contribution >= 0.6 is 0 Å². The Morgan fingerprint density at radius 2 is 2.21 bits per heavy atom. The van der Waals surface area contributed by atoms with Crippen molar-refractivity contribution in [3.05, 3.63) is 0 Å². The fourth-order valence-electron chi connectivity index (χ4n) is 0.993. The van der Waals surface area contributed by atoms with E-state index < -0.39 is 0 Å². The topological polar surface area (TPSA) is 48.3 Å². The number of ether oxygens (including phenoxy) is 1. The molecule has 0 aliphatic heterocycles. The van der Waals surface area contributed by atoms with E-state index in [0.717, 1.165) is 32.8 Å². The largest absolute Gasteiger partial charge is 0.383 e. The highest BCUT2D eigenvalue weighted by atomic mass is 16.5. The fourth-order valence-corrected chi connectivity index (χ4v) is 0.993. The Morgan fingerprint density at radius 1 is 1.50 bits per heavy atom. The average Bonchev–Trinajstić information content (AvgIpc) is 2.21. The Hall–Kier alpha value is -0.630. The van der Waals surface area contributed by atoms with E-state index in [1.165, 1.54) is 0 Å². The van der Waals surface area contributed by atoms with Crippen LogP contribution in [-0.2, 0) is 4.74 Å². The molecule has 0 aliphatic carbocycles. The first-order chi connectivity index (χ1) is 6.70. The molecule has 0 bridgehead atoms. The van der Waals surface area contributed by atoms with Crippen molar-refractivity contribution in [1.29, 1.82) is 5.26 Å². The molecule has 4 nitrogen and oxygen atoms in total. The number of nitrogens with zero attached hydrogens (tertiary/aromatic N) is 2. The molecule has 0 aromatic rings. The minimum absolute atomic E-state index is 0.0966. The molecule has 0 saturated heterocycles. The smallest absolute Gasteiger partial charge is 0.0666 e. The molecule has 0 radical (unpaired) electrons. The normalized spacial score (nSPS) is 12.8. The minimum Gasteiger partial charge on any atom is -0.383 e. The maximum Gasteiger partial charge on any atom is 0.0666 e. The zero-order valence-electron chi connectivity index (χ0n) is 9.42. The van der Waals surface area contributed by atoms with Gasteiger partial charge in [0.2, 0.25) is 0 Å². The third kappa shape index (κ3) is 7.99.